The van der Waals surface area contributed by atoms with Crippen LogP contribution in [0, 0.1) is 22.7 Å². The number of rotatable bonds is 3. The third kappa shape index (κ3) is 3.78. The molecule has 0 atom stereocenters. The van der Waals surface area contributed by atoms with Crippen molar-refractivity contribution in [1.29, 1.82) is 10.5 Å². The van der Waals surface area contributed by atoms with Gasteiger partial charge < -0.3 is 4.90 Å². The summed E-state index contributed by atoms with van der Waals surface area (Å²) in [6.45, 7) is 4.23. The van der Waals surface area contributed by atoms with Crippen LogP contribution in [0.2, 0.25) is 0 Å². The van der Waals surface area contributed by atoms with Gasteiger partial charge in [0.1, 0.15) is 17.7 Å². The van der Waals surface area contributed by atoms with Crippen LogP contribution in [0.3, 0.4) is 0 Å². The standard InChI is InChI=1S/C20H24N4/c21-15-17(16-22)14-18-6-4-5-9-20(18)24-12-10-23(11-13-24)19-7-2-1-3-8-19/h4-6,9,14,19H,1-3,7-8,10-13H2. The molecule has 24 heavy (non-hydrogen) atoms. The highest BCUT2D eigenvalue weighted by molar-refractivity contribution is 5.72. The van der Waals surface area contributed by atoms with Crippen molar-refractivity contribution < 1.29 is 0 Å². The molecule has 3 rings (SSSR count). The summed E-state index contributed by atoms with van der Waals surface area (Å²) in [7, 11) is 0. The van der Waals surface area contributed by atoms with Gasteiger partial charge in [0.15, 0.2) is 0 Å². The number of benzene rings is 1. The number of anilines is 1. The molecule has 0 spiro atoms. The van der Waals surface area contributed by atoms with Gasteiger partial charge in [-0.1, -0.05) is 37.5 Å². The summed E-state index contributed by atoms with van der Waals surface area (Å²) in [5.41, 5.74) is 2.24. The molecule has 0 N–H and O–H groups in total. The maximum absolute atomic E-state index is 9.01. The summed E-state index contributed by atoms with van der Waals surface area (Å²) >= 11 is 0. The monoisotopic (exact) mass is 320 g/mol. The van der Waals surface area contributed by atoms with E-state index in [-0.39, 0.29) is 5.57 Å². The van der Waals surface area contributed by atoms with Crippen LogP contribution in [0.4, 0.5) is 5.69 Å². The van der Waals surface area contributed by atoms with Gasteiger partial charge in [0, 0.05) is 37.9 Å². The van der Waals surface area contributed by atoms with E-state index in [0.717, 1.165) is 43.5 Å². The van der Waals surface area contributed by atoms with Crippen LogP contribution in [-0.2, 0) is 0 Å². The molecule has 1 saturated heterocycles. The Morgan fingerprint density at radius 1 is 0.958 bits per heavy atom. The highest BCUT2D eigenvalue weighted by Gasteiger charge is 2.25. The minimum absolute atomic E-state index is 0.156. The van der Waals surface area contributed by atoms with Crippen molar-refractivity contribution in [3.63, 3.8) is 0 Å². The van der Waals surface area contributed by atoms with Crippen molar-refractivity contribution in [2.75, 3.05) is 31.1 Å². The van der Waals surface area contributed by atoms with Gasteiger partial charge >= 0.3 is 0 Å². The van der Waals surface area contributed by atoms with Crippen LogP contribution in [-0.4, -0.2) is 37.1 Å². The van der Waals surface area contributed by atoms with Crippen LogP contribution < -0.4 is 4.90 Å². The minimum atomic E-state index is 0.156. The highest BCUT2D eigenvalue weighted by Crippen LogP contribution is 2.27. The van der Waals surface area contributed by atoms with Gasteiger partial charge in [-0.25, -0.2) is 0 Å². The zero-order chi connectivity index (χ0) is 16.8. The van der Waals surface area contributed by atoms with Crippen molar-refractivity contribution in [2.45, 2.75) is 38.1 Å². The van der Waals surface area contributed by atoms with Crippen molar-refractivity contribution in [3.8, 4) is 12.1 Å². The molecule has 4 heteroatoms. The number of para-hydroxylation sites is 1. The minimum Gasteiger partial charge on any atom is -0.368 e. The van der Waals surface area contributed by atoms with Crippen LogP contribution in [0.15, 0.2) is 29.8 Å². The second-order valence-corrected chi connectivity index (χ2v) is 6.66. The topological polar surface area (TPSA) is 54.1 Å². The van der Waals surface area contributed by atoms with E-state index in [0.29, 0.717) is 0 Å². The smallest absolute Gasteiger partial charge is 0.130 e. The van der Waals surface area contributed by atoms with Gasteiger partial charge in [-0.2, -0.15) is 10.5 Å². The molecule has 1 aromatic rings. The molecule has 1 aliphatic carbocycles. The zero-order valence-electron chi connectivity index (χ0n) is 14.1. The molecule has 0 amide bonds. The molecule has 0 unspecified atom stereocenters. The Balaban J connectivity index is 1.70. The SMILES string of the molecule is N#CC(C#N)=Cc1ccccc1N1CCN(C2CCCCC2)CC1. The largest absolute Gasteiger partial charge is 0.368 e. The fourth-order valence-corrected chi connectivity index (χ4v) is 3.92. The van der Waals surface area contributed by atoms with E-state index in [1.54, 1.807) is 6.08 Å². The molecular weight excluding hydrogens is 296 g/mol. The maximum Gasteiger partial charge on any atom is 0.130 e. The van der Waals surface area contributed by atoms with E-state index >= 15 is 0 Å². The molecule has 1 aliphatic heterocycles. The fraction of sp³-hybridized carbons (Fsp3) is 0.500. The summed E-state index contributed by atoms with van der Waals surface area (Å²) < 4.78 is 0. The molecule has 0 aromatic heterocycles. The van der Waals surface area contributed by atoms with Gasteiger partial charge in [-0.15, -0.1) is 0 Å². The first kappa shape index (κ1) is 16.6. The number of allylic oxidation sites excluding steroid dienone is 1. The number of hydrogen-bond acceptors (Lipinski definition) is 4. The Kier molecular flexibility index (Phi) is 5.51. The van der Waals surface area contributed by atoms with Gasteiger partial charge in [0.2, 0.25) is 0 Å². The fourth-order valence-electron chi connectivity index (χ4n) is 3.92. The Labute approximate surface area is 144 Å². The molecule has 1 heterocycles. The first-order valence-corrected chi connectivity index (χ1v) is 8.92. The molecule has 4 nitrogen and oxygen atoms in total. The summed E-state index contributed by atoms with van der Waals surface area (Å²) in [6.07, 6.45) is 8.56. The van der Waals surface area contributed by atoms with Gasteiger partial charge in [0.05, 0.1) is 0 Å². The first-order chi connectivity index (χ1) is 11.8. The molecular formula is C20H24N4. The second kappa shape index (κ2) is 7.99. The third-order valence-corrected chi connectivity index (χ3v) is 5.22. The van der Waals surface area contributed by atoms with E-state index in [4.69, 9.17) is 10.5 Å². The highest BCUT2D eigenvalue weighted by atomic mass is 15.3. The second-order valence-electron chi connectivity index (χ2n) is 6.66. The Hall–Kier alpha value is -2.30. The average molecular weight is 320 g/mol. The van der Waals surface area contributed by atoms with Crippen LogP contribution in [0.1, 0.15) is 37.7 Å². The van der Waals surface area contributed by atoms with Gasteiger partial charge in [-0.3, -0.25) is 4.90 Å². The van der Waals surface area contributed by atoms with Crippen molar-refractivity contribution in [1.82, 2.24) is 4.90 Å². The van der Waals surface area contributed by atoms with E-state index in [1.807, 2.05) is 30.3 Å². The molecule has 124 valence electrons. The molecule has 0 bridgehead atoms. The van der Waals surface area contributed by atoms with E-state index in [9.17, 15) is 0 Å². The zero-order valence-corrected chi connectivity index (χ0v) is 14.1. The molecule has 1 saturated carbocycles. The lowest BCUT2D eigenvalue weighted by molar-refractivity contribution is 0.148. The predicted molar refractivity (Wildman–Crippen MR) is 96.3 cm³/mol. The van der Waals surface area contributed by atoms with Gasteiger partial charge in [-0.05, 0) is 30.5 Å². The maximum atomic E-state index is 9.01. The number of nitrogens with zero attached hydrogens (tertiary/aromatic N) is 4. The Bertz CT molecular complexity index is 650. The average Bonchev–Trinajstić information content (AvgIpc) is 2.67. The van der Waals surface area contributed by atoms with Crippen molar-refractivity contribution >= 4 is 11.8 Å². The Morgan fingerprint density at radius 3 is 2.29 bits per heavy atom. The van der Waals surface area contributed by atoms with E-state index in [1.165, 1.54) is 32.1 Å². The number of nitriles is 2. The lowest BCUT2D eigenvalue weighted by Crippen LogP contribution is -2.51. The summed E-state index contributed by atoms with van der Waals surface area (Å²) in [5.74, 6) is 0. The summed E-state index contributed by atoms with van der Waals surface area (Å²) in [5, 5.41) is 18.0. The molecule has 2 aliphatic rings. The first-order valence-electron chi connectivity index (χ1n) is 8.92. The summed E-state index contributed by atoms with van der Waals surface area (Å²) in [4.78, 5) is 5.04. The normalized spacial score (nSPS) is 19.3. The number of hydrogen-bond donors (Lipinski definition) is 0. The predicted octanol–water partition coefficient (Wildman–Crippen LogP) is 3.57. The van der Waals surface area contributed by atoms with E-state index in [2.05, 4.69) is 15.9 Å². The van der Waals surface area contributed by atoms with Crippen molar-refractivity contribution in [3.05, 3.63) is 35.4 Å². The number of piperazine rings is 1. The quantitative estimate of drug-likeness (QED) is 0.799. The van der Waals surface area contributed by atoms with Crippen LogP contribution >= 0.6 is 0 Å². The van der Waals surface area contributed by atoms with Gasteiger partial charge in [0.25, 0.3) is 0 Å². The Morgan fingerprint density at radius 2 is 1.62 bits per heavy atom. The van der Waals surface area contributed by atoms with Crippen molar-refractivity contribution in [2.24, 2.45) is 0 Å². The molecule has 0 radical (unpaired) electrons. The molecule has 2 fully saturated rings. The lowest BCUT2D eigenvalue weighted by atomic mass is 9.94. The third-order valence-electron chi connectivity index (χ3n) is 5.22. The van der Waals surface area contributed by atoms with E-state index < -0.39 is 0 Å². The molecule has 1 aromatic carbocycles. The van der Waals surface area contributed by atoms with Crippen LogP contribution in [0.5, 0.6) is 0 Å². The van der Waals surface area contributed by atoms with Crippen LogP contribution in [0.25, 0.3) is 6.08 Å². The lowest BCUT2D eigenvalue weighted by Gasteiger charge is -2.42. The summed E-state index contributed by atoms with van der Waals surface area (Å²) in [6, 6.07) is 12.7.